The Bertz CT molecular complexity index is 281. The minimum absolute atomic E-state index is 0.377. The van der Waals surface area contributed by atoms with Crippen LogP contribution in [0.25, 0.3) is 0 Å². The van der Waals surface area contributed by atoms with Crippen LogP contribution in [0.1, 0.15) is 27.7 Å². The highest BCUT2D eigenvalue weighted by atomic mass is 16.4. The average molecular weight is 228 g/mol. The second-order valence-electron chi connectivity index (χ2n) is 4.58. The fourth-order valence-electron chi connectivity index (χ4n) is 1.12. The Morgan fingerprint density at radius 3 is 2.31 bits per heavy atom. The first-order valence-electron chi connectivity index (χ1n) is 5.12. The summed E-state index contributed by atoms with van der Waals surface area (Å²) in [6.45, 7) is 11.0. The van der Waals surface area contributed by atoms with Crippen molar-refractivity contribution in [2.45, 2.75) is 39.3 Å². The number of carboxylic acids is 1. The first kappa shape index (κ1) is 14.5. The van der Waals surface area contributed by atoms with E-state index in [1.54, 1.807) is 6.08 Å². The number of hydrogen-bond donors (Lipinski definition) is 2. The summed E-state index contributed by atoms with van der Waals surface area (Å²) in [7, 11) is 0. The van der Waals surface area contributed by atoms with Crippen LogP contribution in [-0.4, -0.2) is 40.1 Å². The molecule has 0 aromatic carbocycles. The molecule has 5 heteroatoms. The lowest BCUT2D eigenvalue weighted by molar-refractivity contribution is -0.138. The number of carbonyl (C=O) groups is 2. The number of carbonyl (C=O) groups excluding carboxylic acids is 1. The van der Waals surface area contributed by atoms with E-state index in [9.17, 15) is 9.59 Å². The zero-order valence-electron chi connectivity index (χ0n) is 10.3. The summed E-state index contributed by atoms with van der Waals surface area (Å²) in [5.41, 5.74) is -0.378. The van der Waals surface area contributed by atoms with Gasteiger partial charge in [0, 0.05) is 12.1 Å². The van der Waals surface area contributed by atoms with Gasteiger partial charge in [0.25, 0.3) is 0 Å². The van der Waals surface area contributed by atoms with E-state index in [0.29, 0.717) is 6.54 Å². The van der Waals surface area contributed by atoms with Crippen molar-refractivity contribution in [2.24, 2.45) is 0 Å². The maximum Gasteiger partial charge on any atom is 0.325 e. The number of urea groups is 1. The lowest BCUT2D eigenvalue weighted by Gasteiger charge is -2.35. The van der Waals surface area contributed by atoms with Crippen molar-refractivity contribution in [3.05, 3.63) is 12.7 Å². The van der Waals surface area contributed by atoms with Gasteiger partial charge in [0.2, 0.25) is 0 Å². The molecule has 0 saturated carbocycles. The van der Waals surface area contributed by atoms with E-state index in [1.807, 2.05) is 20.8 Å². The largest absolute Gasteiger partial charge is 0.480 e. The summed E-state index contributed by atoms with van der Waals surface area (Å²) >= 11 is 0. The highest BCUT2D eigenvalue weighted by molar-refractivity contribution is 5.82. The van der Waals surface area contributed by atoms with Crippen LogP contribution in [-0.2, 0) is 4.79 Å². The van der Waals surface area contributed by atoms with Gasteiger partial charge in [-0.3, -0.25) is 4.79 Å². The van der Waals surface area contributed by atoms with Crippen LogP contribution < -0.4 is 5.32 Å². The maximum atomic E-state index is 11.8. The molecule has 0 heterocycles. The van der Waals surface area contributed by atoms with Gasteiger partial charge >= 0.3 is 12.0 Å². The van der Waals surface area contributed by atoms with Crippen molar-refractivity contribution < 1.29 is 14.7 Å². The molecular formula is C11H20N2O3. The number of aliphatic carboxylic acids is 1. The van der Waals surface area contributed by atoms with E-state index in [2.05, 4.69) is 11.9 Å². The van der Waals surface area contributed by atoms with E-state index in [1.165, 1.54) is 11.8 Å². The monoisotopic (exact) mass is 228 g/mol. The SMILES string of the molecule is C=CCN(C(=O)N[C@H](C)C(=O)O)C(C)(C)C. The topological polar surface area (TPSA) is 69.6 Å². The molecule has 0 unspecified atom stereocenters. The number of amides is 2. The Kier molecular flexibility index (Phi) is 5.01. The maximum absolute atomic E-state index is 11.8. The predicted molar refractivity (Wildman–Crippen MR) is 62.3 cm³/mol. The second-order valence-corrected chi connectivity index (χ2v) is 4.58. The van der Waals surface area contributed by atoms with Gasteiger partial charge in [-0.05, 0) is 27.7 Å². The van der Waals surface area contributed by atoms with Crippen molar-refractivity contribution in [2.75, 3.05) is 6.54 Å². The minimum atomic E-state index is -1.05. The molecule has 16 heavy (non-hydrogen) atoms. The third-order valence-corrected chi connectivity index (χ3v) is 2.08. The van der Waals surface area contributed by atoms with Crippen LogP contribution in [0, 0.1) is 0 Å². The zero-order chi connectivity index (χ0) is 12.9. The van der Waals surface area contributed by atoms with Gasteiger partial charge in [-0.2, -0.15) is 0 Å². The Morgan fingerprint density at radius 1 is 1.50 bits per heavy atom. The molecule has 2 N–H and O–H groups in total. The van der Waals surface area contributed by atoms with Gasteiger partial charge < -0.3 is 15.3 Å². The molecule has 5 nitrogen and oxygen atoms in total. The molecule has 0 spiro atoms. The molecule has 0 bridgehead atoms. The van der Waals surface area contributed by atoms with E-state index >= 15 is 0 Å². The van der Waals surface area contributed by atoms with Crippen molar-refractivity contribution in [3.63, 3.8) is 0 Å². The molecule has 0 aliphatic carbocycles. The summed E-state index contributed by atoms with van der Waals surface area (Å²) in [6, 6.07) is -1.30. The summed E-state index contributed by atoms with van der Waals surface area (Å²) < 4.78 is 0. The van der Waals surface area contributed by atoms with Crippen LogP contribution in [0.15, 0.2) is 12.7 Å². The second kappa shape index (κ2) is 5.53. The van der Waals surface area contributed by atoms with Gasteiger partial charge in [0.15, 0.2) is 0 Å². The molecule has 0 aromatic heterocycles. The highest BCUT2D eigenvalue weighted by Gasteiger charge is 2.27. The number of carboxylic acid groups (broad SMARTS) is 1. The molecule has 2 amide bonds. The molecule has 92 valence electrons. The van der Waals surface area contributed by atoms with Gasteiger partial charge in [0.05, 0.1) is 0 Å². The van der Waals surface area contributed by atoms with E-state index < -0.39 is 18.0 Å². The fourth-order valence-corrected chi connectivity index (χ4v) is 1.12. The van der Waals surface area contributed by atoms with E-state index in [4.69, 9.17) is 5.11 Å². The van der Waals surface area contributed by atoms with Gasteiger partial charge in [-0.25, -0.2) is 4.79 Å². The molecule has 0 saturated heterocycles. The minimum Gasteiger partial charge on any atom is -0.480 e. The van der Waals surface area contributed by atoms with Crippen LogP contribution in [0.2, 0.25) is 0 Å². The Balaban J connectivity index is 4.63. The predicted octanol–water partition coefficient (Wildman–Crippen LogP) is 1.46. The summed E-state index contributed by atoms with van der Waals surface area (Å²) in [5, 5.41) is 11.1. The van der Waals surface area contributed by atoms with Crippen LogP contribution in [0.3, 0.4) is 0 Å². The Labute approximate surface area is 96.1 Å². The Morgan fingerprint density at radius 2 is 2.00 bits per heavy atom. The summed E-state index contributed by atoms with van der Waals surface area (Å²) in [6.07, 6.45) is 1.61. The zero-order valence-corrected chi connectivity index (χ0v) is 10.3. The molecule has 0 aromatic rings. The van der Waals surface area contributed by atoms with Crippen molar-refractivity contribution >= 4 is 12.0 Å². The number of rotatable bonds is 4. The lowest BCUT2D eigenvalue weighted by atomic mass is 10.1. The third kappa shape index (κ3) is 4.33. The Hall–Kier alpha value is -1.52. The normalized spacial score (nSPS) is 12.8. The molecule has 0 aliphatic rings. The molecular weight excluding hydrogens is 208 g/mol. The number of nitrogens with zero attached hydrogens (tertiary/aromatic N) is 1. The third-order valence-electron chi connectivity index (χ3n) is 2.08. The average Bonchev–Trinajstić information content (AvgIpc) is 2.11. The summed E-state index contributed by atoms with van der Waals surface area (Å²) in [4.78, 5) is 23.9. The fraction of sp³-hybridized carbons (Fsp3) is 0.636. The molecule has 0 aliphatic heterocycles. The van der Waals surface area contributed by atoms with E-state index in [-0.39, 0.29) is 5.54 Å². The molecule has 0 fully saturated rings. The quantitative estimate of drug-likeness (QED) is 0.716. The number of nitrogens with one attached hydrogen (secondary N) is 1. The van der Waals surface area contributed by atoms with Gasteiger partial charge in [-0.15, -0.1) is 6.58 Å². The van der Waals surface area contributed by atoms with Crippen molar-refractivity contribution in [3.8, 4) is 0 Å². The standard InChI is InChI=1S/C11H20N2O3/c1-6-7-13(11(3,4)5)10(16)12-8(2)9(14)15/h6,8H,1,7H2,2-5H3,(H,12,16)(H,14,15)/t8-/m1/s1. The first-order valence-corrected chi connectivity index (χ1v) is 5.12. The lowest BCUT2D eigenvalue weighted by Crippen LogP contribution is -2.53. The molecule has 0 radical (unpaired) electrons. The van der Waals surface area contributed by atoms with Gasteiger partial charge in [-0.1, -0.05) is 6.08 Å². The van der Waals surface area contributed by atoms with Crippen LogP contribution >= 0.6 is 0 Å². The van der Waals surface area contributed by atoms with Crippen LogP contribution in [0.4, 0.5) is 4.79 Å². The number of hydrogen-bond acceptors (Lipinski definition) is 2. The van der Waals surface area contributed by atoms with Crippen LogP contribution in [0.5, 0.6) is 0 Å². The smallest absolute Gasteiger partial charge is 0.325 e. The van der Waals surface area contributed by atoms with Gasteiger partial charge in [0.1, 0.15) is 6.04 Å². The molecule has 1 atom stereocenters. The van der Waals surface area contributed by atoms with E-state index in [0.717, 1.165) is 0 Å². The first-order chi connectivity index (χ1) is 7.20. The highest BCUT2D eigenvalue weighted by Crippen LogP contribution is 2.13. The van der Waals surface area contributed by atoms with Crippen molar-refractivity contribution in [1.29, 1.82) is 0 Å². The summed E-state index contributed by atoms with van der Waals surface area (Å²) in [5.74, 6) is -1.05. The molecule has 0 rings (SSSR count). The van der Waals surface area contributed by atoms with Crippen molar-refractivity contribution in [1.82, 2.24) is 10.2 Å².